The SMILES string of the molecule is CC(NC(=O)C(C)(C)C)C(=O)N1CCC(N2CCNCC2)C1.Cl. The van der Waals surface area contributed by atoms with Crippen LogP contribution in [-0.2, 0) is 9.59 Å². The Kier molecular flexibility index (Phi) is 7.29. The highest BCUT2D eigenvalue weighted by molar-refractivity contribution is 5.89. The molecule has 2 amide bonds. The lowest BCUT2D eigenvalue weighted by atomic mass is 9.95. The maximum Gasteiger partial charge on any atom is 0.244 e. The van der Waals surface area contributed by atoms with Crippen LogP contribution < -0.4 is 10.6 Å². The molecular weight excluding hydrogens is 316 g/mol. The van der Waals surface area contributed by atoms with Crippen molar-refractivity contribution in [2.24, 2.45) is 5.41 Å². The van der Waals surface area contributed by atoms with Gasteiger partial charge in [0.05, 0.1) is 0 Å². The lowest BCUT2D eigenvalue weighted by Gasteiger charge is -2.32. The minimum absolute atomic E-state index is 0. The zero-order valence-electron chi connectivity index (χ0n) is 14.7. The number of carbonyl (C=O) groups is 2. The zero-order chi connectivity index (χ0) is 16.3. The normalized spacial score (nSPS) is 24.0. The van der Waals surface area contributed by atoms with Gasteiger partial charge in [-0.05, 0) is 13.3 Å². The maximum absolute atomic E-state index is 12.5. The number of carbonyl (C=O) groups excluding carboxylic acids is 2. The van der Waals surface area contributed by atoms with Gasteiger partial charge in [-0.2, -0.15) is 0 Å². The number of amides is 2. The fourth-order valence-corrected chi connectivity index (χ4v) is 3.04. The Morgan fingerprint density at radius 3 is 2.35 bits per heavy atom. The van der Waals surface area contributed by atoms with Crippen molar-refractivity contribution in [3.8, 4) is 0 Å². The predicted molar refractivity (Wildman–Crippen MR) is 93.7 cm³/mol. The molecule has 7 heteroatoms. The largest absolute Gasteiger partial charge is 0.344 e. The topological polar surface area (TPSA) is 64.7 Å². The third-order valence-electron chi connectivity index (χ3n) is 4.54. The molecule has 2 rings (SSSR count). The van der Waals surface area contributed by atoms with Crippen LogP contribution in [0, 0.1) is 5.41 Å². The number of rotatable bonds is 3. The first-order chi connectivity index (χ1) is 10.3. The number of halogens is 1. The number of piperazine rings is 1. The van der Waals surface area contributed by atoms with Crippen molar-refractivity contribution in [1.29, 1.82) is 0 Å². The lowest BCUT2D eigenvalue weighted by molar-refractivity contribution is -0.137. The van der Waals surface area contributed by atoms with E-state index in [1.54, 1.807) is 6.92 Å². The first kappa shape index (κ1) is 20.2. The standard InChI is InChI=1S/C16H30N4O2.ClH/c1-12(18-15(22)16(2,3)4)14(21)20-8-5-13(11-20)19-9-6-17-7-10-19;/h12-13,17H,5-11H2,1-4H3,(H,18,22);1H. The van der Waals surface area contributed by atoms with Crippen molar-refractivity contribution in [2.45, 2.75) is 46.2 Å². The van der Waals surface area contributed by atoms with E-state index >= 15 is 0 Å². The number of hydrogen-bond acceptors (Lipinski definition) is 4. The third-order valence-corrected chi connectivity index (χ3v) is 4.54. The van der Waals surface area contributed by atoms with Gasteiger partial charge >= 0.3 is 0 Å². The van der Waals surface area contributed by atoms with Gasteiger partial charge in [-0.1, -0.05) is 20.8 Å². The number of nitrogens with zero attached hydrogens (tertiary/aromatic N) is 2. The second kappa shape index (κ2) is 8.31. The van der Waals surface area contributed by atoms with Crippen LogP contribution >= 0.6 is 12.4 Å². The summed E-state index contributed by atoms with van der Waals surface area (Å²) in [6, 6.07) is 0.0186. The average Bonchev–Trinajstić information content (AvgIpc) is 2.96. The van der Waals surface area contributed by atoms with Gasteiger partial charge in [-0.25, -0.2) is 0 Å². The molecule has 2 heterocycles. The van der Waals surface area contributed by atoms with E-state index in [1.807, 2.05) is 25.7 Å². The van der Waals surface area contributed by atoms with E-state index in [1.165, 1.54) is 0 Å². The van der Waals surface area contributed by atoms with E-state index in [4.69, 9.17) is 0 Å². The molecule has 0 bridgehead atoms. The summed E-state index contributed by atoms with van der Waals surface area (Å²) < 4.78 is 0. The molecule has 2 unspecified atom stereocenters. The predicted octanol–water partition coefficient (Wildman–Crippen LogP) is 0.465. The van der Waals surface area contributed by atoms with Crippen molar-refractivity contribution in [3.63, 3.8) is 0 Å². The van der Waals surface area contributed by atoms with Gasteiger partial charge in [-0.15, -0.1) is 12.4 Å². The molecule has 2 fully saturated rings. The van der Waals surface area contributed by atoms with Gasteiger partial charge in [0.15, 0.2) is 0 Å². The molecule has 2 atom stereocenters. The first-order valence-corrected chi connectivity index (χ1v) is 8.33. The average molecular weight is 347 g/mol. The Bertz CT molecular complexity index is 419. The molecule has 2 aliphatic heterocycles. The number of nitrogens with one attached hydrogen (secondary N) is 2. The molecule has 0 spiro atoms. The summed E-state index contributed by atoms with van der Waals surface area (Å²) in [5.74, 6) is -0.0403. The van der Waals surface area contributed by atoms with Crippen LogP contribution in [-0.4, -0.2) is 73.0 Å². The van der Waals surface area contributed by atoms with Gasteiger partial charge in [0, 0.05) is 50.7 Å². The summed E-state index contributed by atoms with van der Waals surface area (Å²) in [6.07, 6.45) is 1.03. The van der Waals surface area contributed by atoms with E-state index in [-0.39, 0.29) is 24.2 Å². The fraction of sp³-hybridized carbons (Fsp3) is 0.875. The summed E-state index contributed by atoms with van der Waals surface area (Å²) >= 11 is 0. The van der Waals surface area contributed by atoms with Crippen LogP contribution in [0.4, 0.5) is 0 Å². The first-order valence-electron chi connectivity index (χ1n) is 8.33. The summed E-state index contributed by atoms with van der Waals surface area (Å²) in [4.78, 5) is 28.9. The molecule has 0 aromatic heterocycles. The Hall–Kier alpha value is -0.850. The monoisotopic (exact) mass is 346 g/mol. The molecular formula is C16H31ClN4O2. The molecule has 134 valence electrons. The van der Waals surface area contributed by atoms with Crippen LogP contribution in [0.15, 0.2) is 0 Å². The second-order valence-electron chi connectivity index (χ2n) is 7.46. The van der Waals surface area contributed by atoms with Gasteiger partial charge in [0.2, 0.25) is 11.8 Å². The van der Waals surface area contributed by atoms with Crippen molar-refractivity contribution in [1.82, 2.24) is 20.4 Å². The van der Waals surface area contributed by atoms with Gasteiger partial charge in [-0.3, -0.25) is 14.5 Å². The molecule has 0 aromatic rings. The van der Waals surface area contributed by atoms with Crippen molar-refractivity contribution >= 4 is 24.2 Å². The third kappa shape index (κ3) is 5.33. The van der Waals surface area contributed by atoms with E-state index in [9.17, 15) is 9.59 Å². The molecule has 6 nitrogen and oxygen atoms in total. The van der Waals surface area contributed by atoms with Crippen LogP contribution in [0.2, 0.25) is 0 Å². The summed E-state index contributed by atoms with van der Waals surface area (Å²) in [5.41, 5.74) is -0.469. The van der Waals surface area contributed by atoms with E-state index in [0.717, 1.165) is 45.7 Å². The summed E-state index contributed by atoms with van der Waals surface area (Å²) in [7, 11) is 0. The maximum atomic E-state index is 12.5. The Labute approximate surface area is 145 Å². The van der Waals surface area contributed by atoms with Crippen LogP contribution in [0.5, 0.6) is 0 Å². The number of hydrogen-bond donors (Lipinski definition) is 2. The summed E-state index contributed by atoms with van der Waals surface area (Å²) in [5, 5.41) is 6.19. The quantitative estimate of drug-likeness (QED) is 0.779. The van der Waals surface area contributed by atoms with E-state index in [2.05, 4.69) is 15.5 Å². The van der Waals surface area contributed by atoms with Crippen LogP contribution in [0.25, 0.3) is 0 Å². The highest BCUT2D eigenvalue weighted by atomic mass is 35.5. The molecule has 2 saturated heterocycles. The van der Waals surface area contributed by atoms with E-state index < -0.39 is 11.5 Å². The number of likely N-dealkylation sites (tertiary alicyclic amines) is 1. The zero-order valence-corrected chi connectivity index (χ0v) is 15.5. The summed E-state index contributed by atoms with van der Waals surface area (Å²) in [6.45, 7) is 13.1. The minimum Gasteiger partial charge on any atom is -0.344 e. The minimum atomic E-state index is -0.469. The second-order valence-corrected chi connectivity index (χ2v) is 7.46. The Balaban J connectivity index is 0.00000264. The van der Waals surface area contributed by atoms with Gasteiger partial charge in [0.25, 0.3) is 0 Å². The fourth-order valence-electron chi connectivity index (χ4n) is 3.04. The molecule has 2 N–H and O–H groups in total. The molecule has 0 radical (unpaired) electrons. The van der Waals surface area contributed by atoms with Crippen molar-refractivity contribution in [2.75, 3.05) is 39.3 Å². The van der Waals surface area contributed by atoms with E-state index in [0.29, 0.717) is 6.04 Å². The molecule has 23 heavy (non-hydrogen) atoms. The Morgan fingerprint density at radius 1 is 1.17 bits per heavy atom. The lowest BCUT2D eigenvalue weighted by Crippen LogP contribution is -2.51. The van der Waals surface area contributed by atoms with Crippen LogP contribution in [0.1, 0.15) is 34.1 Å². The molecule has 0 saturated carbocycles. The molecule has 2 aliphatic rings. The van der Waals surface area contributed by atoms with Crippen LogP contribution in [0.3, 0.4) is 0 Å². The molecule has 0 aliphatic carbocycles. The van der Waals surface area contributed by atoms with Gasteiger partial charge < -0.3 is 15.5 Å². The Morgan fingerprint density at radius 2 is 1.78 bits per heavy atom. The smallest absolute Gasteiger partial charge is 0.244 e. The molecule has 0 aromatic carbocycles. The highest BCUT2D eigenvalue weighted by Gasteiger charge is 2.34. The highest BCUT2D eigenvalue weighted by Crippen LogP contribution is 2.18. The van der Waals surface area contributed by atoms with Crippen molar-refractivity contribution in [3.05, 3.63) is 0 Å². The van der Waals surface area contributed by atoms with Crippen molar-refractivity contribution < 1.29 is 9.59 Å². The van der Waals surface area contributed by atoms with Gasteiger partial charge in [0.1, 0.15) is 6.04 Å².